The molecule has 1 saturated heterocycles. The number of piperazine rings is 1. The number of methoxy groups -OCH3 is 1. The van der Waals surface area contributed by atoms with Gasteiger partial charge < -0.3 is 19.1 Å². The quantitative estimate of drug-likeness (QED) is 0.718. The topological polar surface area (TPSA) is 92.9 Å². The predicted octanol–water partition coefficient (Wildman–Crippen LogP) is 1.60. The van der Waals surface area contributed by atoms with Crippen LogP contribution in [0.25, 0.3) is 11.3 Å². The second-order valence-corrected chi connectivity index (χ2v) is 9.03. The van der Waals surface area contributed by atoms with Crippen LogP contribution in [0.2, 0.25) is 0 Å². The molecule has 3 rings (SSSR count). The summed E-state index contributed by atoms with van der Waals surface area (Å²) < 4.78 is 36.3. The fourth-order valence-corrected chi connectivity index (χ4v) is 4.55. The molecule has 2 aromatic rings. The molecule has 0 saturated carbocycles. The summed E-state index contributed by atoms with van der Waals surface area (Å²) in [6.45, 7) is 4.63. The van der Waals surface area contributed by atoms with Crippen molar-refractivity contribution in [3.63, 3.8) is 0 Å². The highest BCUT2D eigenvalue weighted by Crippen LogP contribution is 2.31. The first-order valence-corrected chi connectivity index (χ1v) is 10.8. The summed E-state index contributed by atoms with van der Waals surface area (Å²) in [7, 11) is -0.296. The van der Waals surface area contributed by atoms with E-state index in [9.17, 15) is 13.2 Å². The van der Waals surface area contributed by atoms with Crippen molar-refractivity contribution in [3.05, 3.63) is 30.0 Å². The van der Waals surface area contributed by atoms with Gasteiger partial charge in [0.25, 0.3) is 0 Å². The normalized spacial score (nSPS) is 15.6. The van der Waals surface area contributed by atoms with Crippen molar-refractivity contribution in [2.45, 2.75) is 18.2 Å². The number of aromatic nitrogens is 1. The molecule has 1 aromatic heterocycles. The Bertz CT molecular complexity index is 946. The standard InChI is InChI=1S/C19H25N3O5S/c1-14-12-17(27-20-14)15-4-5-16(26-3)18(13-15)28(24,25)11-6-19(23)22-9-7-21(2)8-10-22/h4-5,12-13H,6-11H2,1-3H3. The minimum absolute atomic E-state index is 0.0488. The average Bonchev–Trinajstić information content (AvgIpc) is 3.12. The van der Waals surface area contributed by atoms with E-state index in [1.54, 1.807) is 30.0 Å². The number of nitrogens with zero attached hydrogens (tertiary/aromatic N) is 3. The highest BCUT2D eigenvalue weighted by molar-refractivity contribution is 7.91. The Balaban J connectivity index is 1.77. The molecule has 1 amide bonds. The van der Waals surface area contributed by atoms with E-state index in [-0.39, 0.29) is 28.7 Å². The predicted molar refractivity (Wildman–Crippen MR) is 104 cm³/mol. The van der Waals surface area contributed by atoms with E-state index in [0.29, 0.717) is 30.1 Å². The van der Waals surface area contributed by atoms with E-state index >= 15 is 0 Å². The number of hydrogen-bond acceptors (Lipinski definition) is 7. The molecule has 152 valence electrons. The van der Waals surface area contributed by atoms with Crippen LogP contribution in [0.4, 0.5) is 0 Å². The first kappa shape index (κ1) is 20.3. The van der Waals surface area contributed by atoms with E-state index in [2.05, 4.69) is 10.1 Å². The number of carbonyl (C=O) groups is 1. The molecular weight excluding hydrogens is 382 g/mol. The zero-order valence-electron chi connectivity index (χ0n) is 16.3. The van der Waals surface area contributed by atoms with Gasteiger partial charge in [-0.1, -0.05) is 5.16 Å². The van der Waals surface area contributed by atoms with Crippen LogP contribution < -0.4 is 4.74 Å². The minimum atomic E-state index is -3.72. The maximum atomic E-state index is 12.9. The van der Waals surface area contributed by atoms with Gasteiger partial charge in [0, 0.05) is 44.2 Å². The molecule has 1 aromatic carbocycles. The molecule has 0 N–H and O–H groups in total. The summed E-state index contributed by atoms with van der Waals surface area (Å²) in [6.07, 6.45) is -0.0547. The van der Waals surface area contributed by atoms with Crippen molar-refractivity contribution in [2.75, 3.05) is 46.1 Å². The van der Waals surface area contributed by atoms with Crippen LogP contribution in [0.15, 0.2) is 33.7 Å². The number of benzene rings is 1. The van der Waals surface area contributed by atoms with E-state index in [1.807, 2.05) is 7.05 Å². The molecule has 1 aliphatic rings. The van der Waals surface area contributed by atoms with Crippen LogP contribution in [0.1, 0.15) is 12.1 Å². The lowest BCUT2D eigenvalue weighted by molar-refractivity contribution is -0.132. The van der Waals surface area contributed by atoms with Gasteiger partial charge >= 0.3 is 0 Å². The average molecular weight is 407 g/mol. The Morgan fingerprint density at radius 3 is 2.54 bits per heavy atom. The first-order chi connectivity index (χ1) is 13.3. The van der Waals surface area contributed by atoms with Crippen molar-refractivity contribution in [2.24, 2.45) is 0 Å². The summed E-state index contributed by atoms with van der Waals surface area (Å²) in [5.41, 5.74) is 1.29. The van der Waals surface area contributed by atoms with E-state index in [0.717, 1.165) is 13.1 Å². The second-order valence-electron chi connectivity index (χ2n) is 6.95. The summed E-state index contributed by atoms with van der Waals surface area (Å²) in [5, 5.41) is 3.83. The smallest absolute Gasteiger partial charge is 0.223 e. The number of ether oxygens (including phenoxy) is 1. The molecule has 1 aliphatic heterocycles. The third-order valence-electron chi connectivity index (χ3n) is 4.85. The molecule has 28 heavy (non-hydrogen) atoms. The van der Waals surface area contributed by atoms with Gasteiger partial charge in [-0.15, -0.1) is 0 Å². The zero-order chi connectivity index (χ0) is 20.3. The first-order valence-electron chi connectivity index (χ1n) is 9.11. The summed E-state index contributed by atoms with van der Waals surface area (Å²) in [6, 6.07) is 6.54. The van der Waals surface area contributed by atoms with Gasteiger partial charge in [-0.05, 0) is 32.2 Å². The Labute approximate surface area is 165 Å². The third kappa shape index (κ3) is 4.53. The Morgan fingerprint density at radius 2 is 1.93 bits per heavy atom. The lowest BCUT2D eigenvalue weighted by Crippen LogP contribution is -2.47. The molecule has 2 heterocycles. The van der Waals surface area contributed by atoms with Gasteiger partial charge in [-0.3, -0.25) is 4.79 Å². The van der Waals surface area contributed by atoms with Gasteiger partial charge in [0.1, 0.15) is 10.6 Å². The second kappa shape index (κ2) is 8.32. The molecule has 1 fully saturated rings. The Morgan fingerprint density at radius 1 is 1.21 bits per heavy atom. The summed E-state index contributed by atoms with van der Waals surface area (Å²) in [4.78, 5) is 16.3. The number of sulfone groups is 1. The van der Waals surface area contributed by atoms with Gasteiger partial charge in [-0.25, -0.2) is 8.42 Å². The van der Waals surface area contributed by atoms with Crippen LogP contribution >= 0.6 is 0 Å². The fraction of sp³-hybridized carbons (Fsp3) is 0.474. The van der Waals surface area contributed by atoms with Crippen LogP contribution in [0.3, 0.4) is 0 Å². The maximum absolute atomic E-state index is 12.9. The molecule has 0 atom stereocenters. The highest BCUT2D eigenvalue weighted by Gasteiger charge is 2.25. The molecule has 8 nitrogen and oxygen atoms in total. The Hall–Kier alpha value is -2.39. The number of carbonyl (C=O) groups excluding carboxylic acids is 1. The fourth-order valence-electron chi connectivity index (χ4n) is 3.12. The lowest BCUT2D eigenvalue weighted by Gasteiger charge is -2.32. The molecular formula is C19H25N3O5S. The molecule has 0 aliphatic carbocycles. The van der Waals surface area contributed by atoms with Crippen molar-refractivity contribution in [1.29, 1.82) is 0 Å². The van der Waals surface area contributed by atoms with Gasteiger partial charge in [-0.2, -0.15) is 0 Å². The van der Waals surface area contributed by atoms with Crippen LogP contribution in [-0.2, 0) is 14.6 Å². The van der Waals surface area contributed by atoms with E-state index in [4.69, 9.17) is 9.26 Å². The molecule has 0 spiro atoms. The van der Waals surface area contributed by atoms with Gasteiger partial charge in [0.2, 0.25) is 5.91 Å². The van der Waals surface area contributed by atoms with Crippen molar-refractivity contribution in [3.8, 4) is 17.1 Å². The molecule has 0 radical (unpaired) electrons. The zero-order valence-corrected chi connectivity index (χ0v) is 17.2. The van der Waals surface area contributed by atoms with Crippen molar-refractivity contribution >= 4 is 15.7 Å². The monoisotopic (exact) mass is 407 g/mol. The van der Waals surface area contributed by atoms with Crippen molar-refractivity contribution < 1.29 is 22.5 Å². The lowest BCUT2D eigenvalue weighted by atomic mass is 10.1. The summed E-state index contributed by atoms with van der Waals surface area (Å²) in [5.74, 6) is 0.308. The number of rotatable bonds is 6. The number of amides is 1. The maximum Gasteiger partial charge on any atom is 0.223 e. The highest BCUT2D eigenvalue weighted by atomic mass is 32.2. The van der Waals surface area contributed by atoms with Crippen LogP contribution in [0, 0.1) is 6.92 Å². The minimum Gasteiger partial charge on any atom is -0.495 e. The number of hydrogen-bond donors (Lipinski definition) is 0. The Kier molecular flexibility index (Phi) is 6.04. The molecule has 0 bridgehead atoms. The summed E-state index contributed by atoms with van der Waals surface area (Å²) >= 11 is 0. The largest absolute Gasteiger partial charge is 0.495 e. The van der Waals surface area contributed by atoms with E-state index < -0.39 is 9.84 Å². The van der Waals surface area contributed by atoms with E-state index in [1.165, 1.54) is 13.2 Å². The van der Waals surface area contributed by atoms with Crippen LogP contribution in [-0.4, -0.2) is 75.4 Å². The number of likely N-dealkylation sites (N-methyl/N-ethyl adjacent to an activating group) is 1. The molecule has 9 heteroatoms. The number of aryl methyl sites for hydroxylation is 1. The third-order valence-corrected chi connectivity index (χ3v) is 6.58. The SMILES string of the molecule is COc1ccc(-c2cc(C)no2)cc1S(=O)(=O)CCC(=O)N1CCN(C)CC1. The van der Waals surface area contributed by atoms with Gasteiger partial charge in [0.05, 0.1) is 18.6 Å². The van der Waals surface area contributed by atoms with Crippen molar-refractivity contribution in [1.82, 2.24) is 15.0 Å². The van der Waals surface area contributed by atoms with Gasteiger partial charge in [0.15, 0.2) is 15.6 Å². The van der Waals surface area contributed by atoms with Crippen LogP contribution in [0.5, 0.6) is 5.75 Å². The molecule has 0 unspecified atom stereocenters.